The number of halogens is 4. The highest BCUT2D eigenvalue weighted by Crippen LogP contribution is 2.23. The van der Waals surface area contributed by atoms with Gasteiger partial charge in [-0.25, -0.2) is 4.39 Å². The monoisotopic (exact) mass is 318 g/mol. The smallest absolute Gasteiger partial charge is 0.332 e. The molecule has 0 aromatic heterocycles. The summed E-state index contributed by atoms with van der Waals surface area (Å²) in [6.07, 6.45) is -3.61. The minimum absolute atomic E-state index is 0.104. The molecule has 3 nitrogen and oxygen atoms in total. The average molecular weight is 318 g/mol. The average Bonchev–Trinajstić information content (AvgIpc) is 2.77. The fraction of sp³-hybridized carbons (Fsp3) is 0.533. The predicted molar refractivity (Wildman–Crippen MR) is 73.8 cm³/mol. The maximum atomic E-state index is 13.5. The van der Waals surface area contributed by atoms with Crippen LogP contribution in [-0.2, 0) is 11.2 Å². The summed E-state index contributed by atoms with van der Waals surface area (Å²) < 4.78 is 50.6. The van der Waals surface area contributed by atoms with Crippen LogP contribution in [0.25, 0.3) is 0 Å². The third-order valence-corrected chi connectivity index (χ3v) is 3.86. The van der Waals surface area contributed by atoms with E-state index in [9.17, 15) is 22.4 Å². The number of rotatable bonds is 5. The SMILES string of the molecule is CN(CCc1ccccc1F)[C@H]1CCN(CC(F)(F)F)C1=O. The molecule has 1 amide bonds. The molecule has 1 heterocycles. The van der Waals surface area contributed by atoms with E-state index in [0.29, 0.717) is 24.9 Å². The Labute approximate surface area is 126 Å². The van der Waals surface area contributed by atoms with Gasteiger partial charge in [-0.1, -0.05) is 18.2 Å². The van der Waals surface area contributed by atoms with Gasteiger partial charge in [-0.3, -0.25) is 9.69 Å². The number of benzene rings is 1. The van der Waals surface area contributed by atoms with E-state index in [1.54, 1.807) is 30.1 Å². The zero-order valence-corrected chi connectivity index (χ0v) is 12.2. The number of hydrogen-bond donors (Lipinski definition) is 0. The minimum Gasteiger partial charge on any atom is -0.332 e. The van der Waals surface area contributed by atoms with Gasteiger partial charge in [0.1, 0.15) is 12.4 Å². The van der Waals surface area contributed by atoms with Crippen molar-refractivity contribution in [3.05, 3.63) is 35.6 Å². The van der Waals surface area contributed by atoms with E-state index in [1.807, 2.05) is 0 Å². The summed E-state index contributed by atoms with van der Waals surface area (Å²) >= 11 is 0. The van der Waals surface area contributed by atoms with Gasteiger partial charge in [-0.2, -0.15) is 13.2 Å². The normalized spacial score (nSPS) is 19.3. The molecule has 0 aliphatic carbocycles. The lowest BCUT2D eigenvalue weighted by Gasteiger charge is -2.24. The molecule has 122 valence electrons. The lowest BCUT2D eigenvalue weighted by atomic mass is 10.1. The lowest BCUT2D eigenvalue weighted by molar-refractivity contribution is -0.158. The standard InChI is InChI=1S/C15H18F4N2O/c1-20(8-6-11-4-2-3-5-12(11)16)13-7-9-21(14(13)22)10-15(17,18)19/h2-5,13H,6-10H2,1H3/t13-/m0/s1. The second-order valence-electron chi connectivity index (χ2n) is 5.50. The number of nitrogens with zero attached hydrogens (tertiary/aromatic N) is 2. The maximum Gasteiger partial charge on any atom is 0.406 e. The highest BCUT2D eigenvalue weighted by Gasteiger charge is 2.40. The molecule has 22 heavy (non-hydrogen) atoms. The largest absolute Gasteiger partial charge is 0.406 e. The first-order valence-corrected chi connectivity index (χ1v) is 7.07. The Hall–Kier alpha value is -1.63. The molecule has 0 radical (unpaired) electrons. The molecule has 1 atom stereocenters. The van der Waals surface area contributed by atoms with E-state index in [4.69, 9.17) is 0 Å². The summed E-state index contributed by atoms with van der Waals surface area (Å²) in [5, 5.41) is 0. The van der Waals surface area contributed by atoms with Gasteiger partial charge in [-0.15, -0.1) is 0 Å². The molecule has 1 aliphatic rings. The Morgan fingerprint density at radius 3 is 2.64 bits per heavy atom. The molecule has 1 saturated heterocycles. The van der Waals surface area contributed by atoms with Gasteiger partial charge in [0.25, 0.3) is 0 Å². The number of carbonyl (C=O) groups excluding carboxylic acids is 1. The van der Waals surface area contributed by atoms with Crippen LogP contribution in [0.3, 0.4) is 0 Å². The molecule has 7 heteroatoms. The van der Waals surface area contributed by atoms with E-state index in [1.165, 1.54) is 6.07 Å². The van der Waals surface area contributed by atoms with Crippen LogP contribution in [0.2, 0.25) is 0 Å². The first-order valence-electron chi connectivity index (χ1n) is 7.07. The molecule has 0 N–H and O–H groups in total. The Morgan fingerprint density at radius 2 is 2.00 bits per heavy atom. The number of carbonyl (C=O) groups is 1. The van der Waals surface area contributed by atoms with Gasteiger partial charge in [-0.05, 0) is 31.5 Å². The highest BCUT2D eigenvalue weighted by atomic mass is 19.4. The van der Waals surface area contributed by atoms with Crippen molar-refractivity contribution < 1.29 is 22.4 Å². The summed E-state index contributed by atoms with van der Waals surface area (Å²) in [5.41, 5.74) is 0.534. The van der Waals surface area contributed by atoms with E-state index in [-0.39, 0.29) is 12.4 Å². The topological polar surface area (TPSA) is 23.6 Å². The third-order valence-electron chi connectivity index (χ3n) is 3.86. The fourth-order valence-electron chi connectivity index (χ4n) is 2.66. The summed E-state index contributed by atoms with van der Waals surface area (Å²) in [6, 6.07) is 5.79. The first kappa shape index (κ1) is 16.7. The summed E-state index contributed by atoms with van der Waals surface area (Å²) in [7, 11) is 1.68. The van der Waals surface area contributed by atoms with E-state index in [0.717, 1.165) is 4.90 Å². The lowest BCUT2D eigenvalue weighted by Crippen LogP contribution is -2.43. The molecular formula is C15H18F4N2O. The van der Waals surface area contributed by atoms with E-state index >= 15 is 0 Å². The Balaban J connectivity index is 1.90. The zero-order valence-electron chi connectivity index (χ0n) is 12.2. The quantitative estimate of drug-likeness (QED) is 0.779. The summed E-state index contributed by atoms with van der Waals surface area (Å²) in [4.78, 5) is 14.6. The van der Waals surface area contributed by atoms with Crippen molar-refractivity contribution in [3.8, 4) is 0 Å². The highest BCUT2D eigenvalue weighted by molar-refractivity contribution is 5.84. The van der Waals surface area contributed by atoms with Crippen molar-refractivity contribution in [1.29, 1.82) is 0 Å². The Kier molecular flexibility index (Phi) is 5.05. The minimum atomic E-state index is -4.38. The zero-order chi connectivity index (χ0) is 16.3. The first-order chi connectivity index (χ1) is 10.3. The molecule has 0 unspecified atom stereocenters. The van der Waals surface area contributed by atoms with Crippen molar-refractivity contribution in [3.63, 3.8) is 0 Å². The van der Waals surface area contributed by atoms with Crippen LogP contribution in [-0.4, -0.2) is 54.6 Å². The van der Waals surface area contributed by atoms with E-state index < -0.39 is 24.7 Å². The number of likely N-dealkylation sites (N-methyl/N-ethyl adjacent to an activating group) is 1. The second kappa shape index (κ2) is 6.64. The molecule has 1 aliphatic heterocycles. The number of alkyl halides is 3. The fourth-order valence-corrected chi connectivity index (χ4v) is 2.66. The van der Waals surface area contributed by atoms with Crippen LogP contribution in [0.15, 0.2) is 24.3 Å². The van der Waals surface area contributed by atoms with Crippen LogP contribution < -0.4 is 0 Å². The number of likely N-dealkylation sites (tertiary alicyclic amines) is 1. The maximum absolute atomic E-state index is 13.5. The van der Waals surface area contributed by atoms with Crippen molar-refractivity contribution in [2.24, 2.45) is 0 Å². The molecule has 0 spiro atoms. The summed E-state index contributed by atoms with van der Waals surface area (Å²) in [5.74, 6) is -0.819. The Bertz CT molecular complexity index is 533. The third kappa shape index (κ3) is 4.19. The predicted octanol–water partition coefficient (Wildman–Crippen LogP) is 2.46. The van der Waals surface area contributed by atoms with Crippen LogP contribution >= 0.6 is 0 Å². The molecule has 0 bridgehead atoms. The van der Waals surface area contributed by atoms with Crippen LogP contribution in [0, 0.1) is 5.82 Å². The number of hydrogen-bond acceptors (Lipinski definition) is 2. The Morgan fingerprint density at radius 1 is 1.32 bits per heavy atom. The van der Waals surface area contributed by atoms with Crippen LogP contribution in [0.5, 0.6) is 0 Å². The molecule has 2 rings (SSSR count). The van der Waals surface area contributed by atoms with Gasteiger partial charge < -0.3 is 4.90 Å². The summed E-state index contributed by atoms with van der Waals surface area (Å²) in [6.45, 7) is -0.687. The molecule has 1 aromatic carbocycles. The molecule has 1 fully saturated rings. The van der Waals surface area contributed by atoms with Crippen LogP contribution in [0.4, 0.5) is 17.6 Å². The molecule has 1 aromatic rings. The van der Waals surface area contributed by atoms with E-state index in [2.05, 4.69) is 0 Å². The van der Waals surface area contributed by atoms with Crippen molar-refractivity contribution in [2.45, 2.75) is 25.1 Å². The van der Waals surface area contributed by atoms with Crippen molar-refractivity contribution in [1.82, 2.24) is 9.80 Å². The molecular weight excluding hydrogens is 300 g/mol. The van der Waals surface area contributed by atoms with Crippen LogP contribution in [0.1, 0.15) is 12.0 Å². The van der Waals surface area contributed by atoms with Crippen molar-refractivity contribution in [2.75, 3.05) is 26.7 Å². The second-order valence-corrected chi connectivity index (χ2v) is 5.50. The van der Waals surface area contributed by atoms with Gasteiger partial charge in [0.15, 0.2) is 0 Å². The molecule has 0 saturated carbocycles. The van der Waals surface area contributed by atoms with Gasteiger partial charge in [0, 0.05) is 13.1 Å². The number of amides is 1. The van der Waals surface area contributed by atoms with Crippen molar-refractivity contribution >= 4 is 5.91 Å². The van der Waals surface area contributed by atoms with Gasteiger partial charge in [0.05, 0.1) is 6.04 Å². The van der Waals surface area contributed by atoms with Gasteiger partial charge >= 0.3 is 6.18 Å². The van der Waals surface area contributed by atoms with Gasteiger partial charge in [0.2, 0.25) is 5.91 Å².